The van der Waals surface area contributed by atoms with Gasteiger partial charge in [-0.25, -0.2) is 0 Å². The molecule has 228 valence electrons. The Bertz CT molecular complexity index is 1640. The van der Waals surface area contributed by atoms with Gasteiger partial charge in [0.25, 0.3) is 0 Å². The maximum Gasteiger partial charge on any atom is 0.238 e. The number of anilines is 2. The third-order valence-corrected chi connectivity index (χ3v) is 11.5. The third-order valence-electron chi connectivity index (χ3n) is 11.5. The Morgan fingerprint density at radius 1 is 0.644 bits per heavy atom. The van der Waals surface area contributed by atoms with Gasteiger partial charge in [0.1, 0.15) is 0 Å². The van der Waals surface area contributed by atoms with Gasteiger partial charge < -0.3 is 0 Å². The van der Waals surface area contributed by atoms with Gasteiger partial charge >= 0.3 is 0 Å². The molecule has 0 N–H and O–H groups in total. The van der Waals surface area contributed by atoms with Crippen LogP contribution in [-0.2, 0) is 25.6 Å². The number of carbonyl (C=O) groups excluding carboxylic acids is 4. The molecule has 2 aromatic carbocycles. The second-order valence-electron chi connectivity index (χ2n) is 14.7. The number of imide groups is 2. The monoisotopic (exact) mass is 598 g/mol. The number of carbonyl (C=O) groups is 4. The molecule has 45 heavy (non-hydrogen) atoms. The Morgan fingerprint density at radius 3 is 1.38 bits per heavy atom. The van der Waals surface area contributed by atoms with Crippen LogP contribution in [0.3, 0.4) is 0 Å². The van der Waals surface area contributed by atoms with Crippen molar-refractivity contribution in [2.75, 3.05) is 9.80 Å². The lowest BCUT2D eigenvalue weighted by Gasteiger charge is -2.30. The summed E-state index contributed by atoms with van der Waals surface area (Å²) in [5.41, 5.74) is 4.81. The third kappa shape index (κ3) is 3.93. The van der Waals surface area contributed by atoms with Crippen LogP contribution >= 0.6 is 0 Å². The number of rotatable bonds is 8. The highest BCUT2D eigenvalue weighted by Crippen LogP contribution is 2.63. The van der Waals surface area contributed by atoms with E-state index in [1.165, 1.54) is 9.80 Å². The van der Waals surface area contributed by atoms with Crippen molar-refractivity contribution in [2.45, 2.75) is 46.0 Å². The lowest BCUT2D eigenvalue weighted by molar-refractivity contribution is -0.125. The Morgan fingerprint density at radius 2 is 1.02 bits per heavy atom. The summed E-state index contributed by atoms with van der Waals surface area (Å²) in [6.45, 7) is 12.2. The van der Waals surface area contributed by atoms with E-state index in [9.17, 15) is 19.2 Å². The van der Waals surface area contributed by atoms with Crippen molar-refractivity contribution in [1.29, 1.82) is 0 Å². The molecule has 4 fully saturated rings. The predicted octanol–water partition coefficient (Wildman–Crippen LogP) is 6.57. The van der Waals surface area contributed by atoms with Crippen LogP contribution < -0.4 is 9.80 Å². The van der Waals surface area contributed by atoms with E-state index in [2.05, 4.69) is 37.5 Å². The molecule has 8 atom stereocenters. The summed E-state index contributed by atoms with van der Waals surface area (Å²) < 4.78 is 0. The second-order valence-corrected chi connectivity index (χ2v) is 14.7. The molecule has 2 aliphatic heterocycles. The minimum atomic E-state index is -0.313. The van der Waals surface area contributed by atoms with E-state index in [0.717, 1.165) is 48.0 Å². The summed E-state index contributed by atoms with van der Waals surface area (Å²) in [6, 6.07) is 15.3. The molecule has 4 aliphatic carbocycles. The average molecular weight is 599 g/mol. The van der Waals surface area contributed by atoms with Crippen LogP contribution in [0.5, 0.6) is 0 Å². The largest absolute Gasteiger partial charge is 0.274 e. The van der Waals surface area contributed by atoms with Crippen LogP contribution in [-0.4, -0.2) is 23.6 Å². The molecular formula is C39H38N2O4. The van der Waals surface area contributed by atoms with Gasteiger partial charge in [0, 0.05) is 10.8 Å². The zero-order valence-electron chi connectivity index (χ0n) is 25.9. The number of nitrogens with zero attached hydrogens (tertiary/aromatic N) is 2. The Balaban J connectivity index is 0.967. The number of allylic oxidation sites excluding steroid dienone is 6. The first-order chi connectivity index (χ1) is 21.5. The first-order valence-electron chi connectivity index (χ1n) is 16.1. The van der Waals surface area contributed by atoms with Crippen molar-refractivity contribution in [2.24, 2.45) is 46.3 Å². The van der Waals surface area contributed by atoms with Gasteiger partial charge in [-0.3, -0.25) is 29.0 Å². The van der Waals surface area contributed by atoms with Gasteiger partial charge in [0.05, 0.1) is 35.0 Å². The zero-order valence-corrected chi connectivity index (χ0v) is 25.9. The molecule has 6 aliphatic rings. The van der Waals surface area contributed by atoms with Gasteiger partial charge in [-0.2, -0.15) is 0 Å². The zero-order chi connectivity index (χ0) is 31.4. The topological polar surface area (TPSA) is 74.8 Å². The SMILES string of the molecule is C=C(C)CC12C=CC(C1)C1C(=O)N(c3ccc(Cc4ccc(N5C(=O)C6C7C=CC(CC(=C)C)(C7)C6C5=O)cc4)cc3)C(=O)C12. The molecule has 4 bridgehead atoms. The van der Waals surface area contributed by atoms with E-state index in [4.69, 9.17) is 0 Å². The van der Waals surface area contributed by atoms with Gasteiger partial charge in [-0.15, -0.1) is 13.2 Å². The predicted molar refractivity (Wildman–Crippen MR) is 173 cm³/mol. The minimum Gasteiger partial charge on any atom is -0.274 e. The summed E-state index contributed by atoms with van der Waals surface area (Å²) in [5.74, 6) is -1.31. The molecular weight excluding hydrogens is 560 g/mol. The highest BCUT2D eigenvalue weighted by molar-refractivity contribution is 6.24. The Labute approximate surface area is 264 Å². The molecule has 4 amide bonds. The molecule has 6 heteroatoms. The van der Waals surface area contributed by atoms with Crippen molar-refractivity contribution in [3.63, 3.8) is 0 Å². The standard InChI is InChI=1S/C39H38N2O4/c1-22(2)18-38-15-13-26(20-38)30-32(38)36(44)40(34(30)42)28-9-5-24(6-10-28)17-25-7-11-29(12-8-25)41-35(43)31-27-14-16-39(21-27,19-23(3)4)33(31)37(41)45/h5-16,26-27,30-33H,1,3,17-21H2,2,4H3. The molecule has 2 aromatic rings. The van der Waals surface area contributed by atoms with Crippen LogP contribution in [0.15, 0.2) is 97.1 Å². The van der Waals surface area contributed by atoms with E-state index < -0.39 is 0 Å². The number of amides is 4. The van der Waals surface area contributed by atoms with Gasteiger partial charge in [-0.1, -0.05) is 59.7 Å². The Kier molecular flexibility index (Phi) is 6.00. The number of fused-ring (bicyclic) bond motifs is 10. The average Bonchev–Trinajstić information content (AvgIpc) is 3.81. The van der Waals surface area contributed by atoms with Crippen molar-refractivity contribution >= 4 is 35.0 Å². The molecule has 2 heterocycles. The quantitative estimate of drug-likeness (QED) is 0.254. The van der Waals surface area contributed by atoms with Crippen molar-refractivity contribution in [3.8, 4) is 0 Å². The number of hydrogen-bond acceptors (Lipinski definition) is 4. The molecule has 2 saturated heterocycles. The molecule has 6 nitrogen and oxygen atoms in total. The summed E-state index contributed by atoms with van der Waals surface area (Å²) >= 11 is 0. The van der Waals surface area contributed by atoms with Crippen LogP contribution in [0.2, 0.25) is 0 Å². The van der Waals surface area contributed by atoms with E-state index in [1.54, 1.807) is 0 Å². The highest BCUT2D eigenvalue weighted by Gasteiger charge is 2.67. The number of benzene rings is 2. The van der Waals surface area contributed by atoms with E-state index in [1.807, 2.05) is 62.4 Å². The van der Waals surface area contributed by atoms with E-state index in [0.29, 0.717) is 17.8 Å². The summed E-state index contributed by atoms with van der Waals surface area (Å²) in [7, 11) is 0. The summed E-state index contributed by atoms with van der Waals surface area (Å²) in [6.07, 6.45) is 12.4. The van der Waals surface area contributed by atoms with Gasteiger partial charge in [0.2, 0.25) is 23.6 Å². The second kappa shape index (κ2) is 9.59. The van der Waals surface area contributed by atoms with Crippen molar-refractivity contribution in [3.05, 3.63) is 108 Å². The lowest BCUT2D eigenvalue weighted by Crippen LogP contribution is -2.36. The van der Waals surface area contributed by atoms with Crippen LogP contribution in [0.4, 0.5) is 11.4 Å². The molecule has 0 spiro atoms. The Hall–Kier alpha value is -4.32. The van der Waals surface area contributed by atoms with Gasteiger partial charge in [-0.05, 0) is 93.2 Å². The van der Waals surface area contributed by atoms with Crippen LogP contribution in [0.25, 0.3) is 0 Å². The van der Waals surface area contributed by atoms with Crippen molar-refractivity contribution in [1.82, 2.24) is 0 Å². The first-order valence-corrected chi connectivity index (χ1v) is 16.1. The van der Waals surface area contributed by atoms with Crippen molar-refractivity contribution < 1.29 is 19.2 Å². The molecule has 2 saturated carbocycles. The normalized spacial score (nSPS) is 35.2. The fourth-order valence-corrected chi connectivity index (χ4v) is 10.1. The molecule has 8 unspecified atom stereocenters. The molecule has 8 rings (SSSR count). The van der Waals surface area contributed by atoms with E-state index in [-0.39, 0.29) is 70.0 Å². The van der Waals surface area contributed by atoms with Gasteiger partial charge in [0.15, 0.2) is 0 Å². The van der Waals surface area contributed by atoms with E-state index >= 15 is 0 Å². The first kappa shape index (κ1) is 28.2. The maximum atomic E-state index is 13.7. The molecule has 0 radical (unpaired) electrons. The fourth-order valence-electron chi connectivity index (χ4n) is 10.1. The number of hydrogen-bond donors (Lipinski definition) is 0. The molecule has 0 aromatic heterocycles. The summed E-state index contributed by atoms with van der Waals surface area (Å²) in [4.78, 5) is 57.3. The lowest BCUT2D eigenvalue weighted by atomic mass is 9.71. The highest BCUT2D eigenvalue weighted by atomic mass is 16.2. The maximum absolute atomic E-state index is 13.7. The van der Waals surface area contributed by atoms with Crippen LogP contribution in [0.1, 0.15) is 50.7 Å². The minimum absolute atomic E-state index is 0.0873. The van der Waals surface area contributed by atoms with Crippen LogP contribution in [0, 0.1) is 46.3 Å². The fraction of sp³-hybridized carbons (Fsp3) is 0.385. The smallest absolute Gasteiger partial charge is 0.238 e. The summed E-state index contributed by atoms with van der Waals surface area (Å²) in [5, 5.41) is 0.